The van der Waals surface area contributed by atoms with Crippen molar-refractivity contribution in [2.75, 3.05) is 13.2 Å². The quantitative estimate of drug-likeness (QED) is 0.681. The first kappa shape index (κ1) is 19.1. The van der Waals surface area contributed by atoms with E-state index in [0.717, 1.165) is 50.3 Å². The minimum atomic E-state index is -0.0845. The number of nitrogens with one attached hydrogen (secondary N) is 1. The molecule has 0 saturated heterocycles. The highest BCUT2D eigenvalue weighted by atomic mass is 32.1. The molecule has 1 aromatic carbocycles. The second-order valence-electron chi connectivity index (χ2n) is 7.62. The van der Waals surface area contributed by atoms with Crippen LogP contribution in [0.1, 0.15) is 39.7 Å². The number of aryl methyl sites for hydroxylation is 3. The van der Waals surface area contributed by atoms with E-state index in [0.29, 0.717) is 29.6 Å². The number of hydrogen-bond donors (Lipinski definition) is 1. The zero-order valence-electron chi connectivity index (χ0n) is 16.7. The molecule has 7 nitrogen and oxygen atoms in total. The molecule has 2 aliphatic heterocycles. The Hall–Kier alpha value is -2.87. The van der Waals surface area contributed by atoms with Crippen LogP contribution in [0.4, 0.5) is 0 Å². The molecule has 8 heteroatoms. The van der Waals surface area contributed by atoms with E-state index in [1.807, 2.05) is 11.4 Å². The molecule has 1 N–H and O–H groups in total. The standard InChI is InChI=1S/C22H24N4O3S/c27-22(21-20-17(14-30-21)28-12-13-29-20)23-16-7-9-19-25-24-18(26(19)11-10-16)8-6-15-4-2-1-3-5-15/h1-5,14,16H,6-13H2,(H,23,27). The highest BCUT2D eigenvalue weighted by Crippen LogP contribution is 2.39. The summed E-state index contributed by atoms with van der Waals surface area (Å²) >= 11 is 1.37. The fourth-order valence-electron chi connectivity index (χ4n) is 4.05. The van der Waals surface area contributed by atoms with Crippen LogP contribution in [0.15, 0.2) is 35.7 Å². The predicted octanol–water partition coefficient (Wildman–Crippen LogP) is 3.03. The lowest BCUT2D eigenvalue weighted by Crippen LogP contribution is -2.35. The van der Waals surface area contributed by atoms with Crippen molar-refractivity contribution in [3.63, 3.8) is 0 Å². The van der Waals surface area contributed by atoms with Crippen LogP contribution in [0.2, 0.25) is 0 Å². The second-order valence-corrected chi connectivity index (χ2v) is 8.50. The summed E-state index contributed by atoms with van der Waals surface area (Å²) in [5.74, 6) is 3.21. The van der Waals surface area contributed by atoms with E-state index >= 15 is 0 Å². The number of thiophene rings is 1. The first-order chi connectivity index (χ1) is 14.8. The van der Waals surface area contributed by atoms with Crippen molar-refractivity contribution >= 4 is 17.2 Å². The third kappa shape index (κ3) is 3.92. The molecule has 2 aromatic heterocycles. The Balaban J connectivity index is 1.21. The van der Waals surface area contributed by atoms with Crippen molar-refractivity contribution in [3.05, 3.63) is 57.8 Å². The number of fused-ring (bicyclic) bond motifs is 2. The summed E-state index contributed by atoms with van der Waals surface area (Å²) in [5, 5.41) is 13.9. The number of carbonyl (C=O) groups excluding carboxylic acids is 1. The number of carbonyl (C=O) groups is 1. The van der Waals surface area contributed by atoms with Gasteiger partial charge in [0.15, 0.2) is 11.5 Å². The first-order valence-corrected chi connectivity index (χ1v) is 11.3. The summed E-state index contributed by atoms with van der Waals surface area (Å²) in [7, 11) is 0. The average molecular weight is 425 g/mol. The van der Waals surface area contributed by atoms with Gasteiger partial charge in [-0.2, -0.15) is 0 Å². The zero-order valence-corrected chi connectivity index (χ0v) is 17.5. The van der Waals surface area contributed by atoms with E-state index in [1.54, 1.807) is 0 Å². The summed E-state index contributed by atoms with van der Waals surface area (Å²) in [5.41, 5.74) is 1.30. The summed E-state index contributed by atoms with van der Waals surface area (Å²) in [6.45, 7) is 1.83. The van der Waals surface area contributed by atoms with E-state index in [4.69, 9.17) is 9.47 Å². The number of rotatable bonds is 5. The van der Waals surface area contributed by atoms with Gasteiger partial charge in [0.05, 0.1) is 0 Å². The fraction of sp³-hybridized carbons (Fsp3) is 0.409. The molecule has 4 heterocycles. The normalized spacial score (nSPS) is 17.8. The largest absolute Gasteiger partial charge is 0.485 e. The van der Waals surface area contributed by atoms with Gasteiger partial charge >= 0.3 is 0 Å². The van der Waals surface area contributed by atoms with Gasteiger partial charge in [-0.3, -0.25) is 4.79 Å². The maximum atomic E-state index is 12.8. The number of ether oxygens (including phenoxy) is 2. The van der Waals surface area contributed by atoms with Crippen LogP contribution in [-0.2, 0) is 25.8 Å². The van der Waals surface area contributed by atoms with Crippen LogP contribution in [0.25, 0.3) is 0 Å². The van der Waals surface area contributed by atoms with Crippen molar-refractivity contribution < 1.29 is 14.3 Å². The molecule has 0 radical (unpaired) electrons. The van der Waals surface area contributed by atoms with Gasteiger partial charge in [0, 0.05) is 30.8 Å². The maximum absolute atomic E-state index is 12.8. The third-order valence-electron chi connectivity index (χ3n) is 5.64. The van der Waals surface area contributed by atoms with Gasteiger partial charge in [-0.05, 0) is 24.8 Å². The molecular formula is C22H24N4O3S. The van der Waals surface area contributed by atoms with Crippen molar-refractivity contribution in [3.8, 4) is 11.5 Å². The monoisotopic (exact) mass is 424 g/mol. The number of hydrogen-bond acceptors (Lipinski definition) is 6. The summed E-state index contributed by atoms with van der Waals surface area (Å²) in [4.78, 5) is 13.4. The van der Waals surface area contributed by atoms with Crippen LogP contribution in [0.5, 0.6) is 11.5 Å². The Morgan fingerprint density at radius 3 is 2.90 bits per heavy atom. The van der Waals surface area contributed by atoms with Crippen LogP contribution in [0.3, 0.4) is 0 Å². The van der Waals surface area contributed by atoms with E-state index in [9.17, 15) is 4.79 Å². The summed E-state index contributed by atoms with van der Waals surface area (Å²) in [6, 6.07) is 10.5. The Morgan fingerprint density at radius 1 is 1.13 bits per heavy atom. The molecule has 156 valence electrons. The van der Waals surface area contributed by atoms with Gasteiger partial charge in [0.25, 0.3) is 5.91 Å². The lowest BCUT2D eigenvalue weighted by atomic mass is 10.1. The lowest BCUT2D eigenvalue weighted by molar-refractivity contribution is 0.0928. The van der Waals surface area contributed by atoms with Crippen molar-refractivity contribution in [1.82, 2.24) is 20.1 Å². The third-order valence-corrected chi connectivity index (χ3v) is 6.58. The van der Waals surface area contributed by atoms with Gasteiger partial charge in [0.2, 0.25) is 0 Å². The molecule has 1 amide bonds. The molecule has 2 aliphatic rings. The number of amides is 1. The number of benzene rings is 1. The number of aromatic nitrogens is 3. The zero-order chi connectivity index (χ0) is 20.3. The molecule has 0 aliphatic carbocycles. The van der Waals surface area contributed by atoms with Crippen molar-refractivity contribution in [1.29, 1.82) is 0 Å². The van der Waals surface area contributed by atoms with Crippen LogP contribution < -0.4 is 14.8 Å². The Bertz CT molecular complexity index is 1030. The maximum Gasteiger partial charge on any atom is 0.265 e. The van der Waals surface area contributed by atoms with Gasteiger partial charge < -0.3 is 19.4 Å². The van der Waals surface area contributed by atoms with Crippen LogP contribution in [0, 0.1) is 0 Å². The van der Waals surface area contributed by atoms with Gasteiger partial charge in [-0.1, -0.05) is 30.3 Å². The number of nitrogens with zero attached hydrogens (tertiary/aromatic N) is 3. The molecule has 30 heavy (non-hydrogen) atoms. The van der Waals surface area contributed by atoms with Gasteiger partial charge in [0.1, 0.15) is 29.7 Å². The smallest absolute Gasteiger partial charge is 0.265 e. The summed E-state index contributed by atoms with van der Waals surface area (Å²) in [6.07, 6.45) is 4.34. The molecule has 0 saturated carbocycles. The van der Waals surface area contributed by atoms with E-state index in [1.165, 1.54) is 16.9 Å². The first-order valence-electron chi connectivity index (χ1n) is 10.4. The minimum Gasteiger partial charge on any atom is -0.485 e. The highest BCUT2D eigenvalue weighted by molar-refractivity contribution is 7.12. The highest BCUT2D eigenvalue weighted by Gasteiger charge is 2.26. The SMILES string of the molecule is O=C(NC1CCc2nnc(CCc3ccccc3)n2CC1)c1scc2c1OCCO2. The fourth-order valence-corrected chi connectivity index (χ4v) is 4.88. The molecule has 0 bridgehead atoms. The molecule has 0 spiro atoms. The lowest BCUT2D eigenvalue weighted by Gasteiger charge is -2.18. The average Bonchev–Trinajstić information content (AvgIpc) is 3.33. The van der Waals surface area contributed by atoms with E-state index < -0.39 is 0 Å². The van der Waals surface area contributed by atoms with E-state index in [2.05, 4.69) is 44.3 Å². The molecule has 1 unspecified atom stereocenters. The van der Waals surface area contributed by atoms with Gasteiger partial charge in [-0.25, -0.2) is 0 Å². The van der Waals surface area contributed by atoms with Crippen molar-refractivity contribution in [2.24, 2.45) is 0 Å². The molecular weight excluding hydrogens is 400 g/mol. The molecule has 0 fully saturated rings. The minimum absolute atomic E-state index is 0.0845. The van der Waals surface area contributed by atoms with Crippen LogP contribution in [-0.4, -0.2) is 39.9 Å². The van der Waals surface area contributed by atoms with Crippen LogP contribution >= 0.6 is 11.3 Å². The topological polar surface area (TPSA) is 78.3 Å². The summed E-state index contributed by atoms with van der Waals surface area (Å²) < 4.78 is 13.4. The second kappa shape index (κ2) is 8.47. The Labute approximate surface area is 179 Å². The van der Waals surface area contributed by atoms with Crippen molar-refractivity contribution in [2.45, 2.75) is 44.7 Å². The Morgan fingerprint density at radius 2 is 2.00 bits per heavy atom. The van der Waals surface area contributed by atoms with Gasteiger partial charge in [-0.15, -0.1) is 21.5 Å². The molecule has 3 aromatic rings. The predicted molar refractivity (Wildman–Crippen MR) is 113 cm³/mol. The molecule has 1 atom stereocenters. The Kier molecular flexibility index (Phi) is 5.40. The molecule has 5 rings (SSSR count). The van der Waals surface area contributed by atoms with E-state index in [-0.39, 0.29) is 11.9 Å².